The number of nitrogens with one attached hydrogen (secondary N) is 1. The number of imidazole rings is 1. The van der Waals surface area contributed by atoms with Crippen molar-refractivity contribution in [2.24, 2.45) is 0 Å². The second-order valence-corrected chi connectivity index (χ2v) is 7.84. The number of hydrogen-bond donors (Lipinski definition) is 3. The Balaban J connectivity index is 1.26. The highest BCUT2D eigenvalue weighted by atomic mass is 16.5. The van der Waals surface area contributed by atoms with Gasteiger partial charge in [-0.2, -0.15) is 5.10 Å². The smallest absolute Gasteiger partial charge is 0.260 e. The van der Waals surface area contributed by atoms with Crippen molar-refractivity contribution in [3.63, 3.8) is 0 Å². The first-order chi connectivity index (χ1) is 17.0. The quantitative estimate of drug-likeness (QED) is 0.324. The lowest BCUT2D eigenvalue weighted by molar-refractivity contribution is -0.143. The number of aromatic nitrogens is 7. The van der Waals surface area contributed by atoms with Crippen molar-refractivity contribution in [3.05, 3.63) is 42.5 Å². The van der Waals surface area contributed by atoms with Gasteiger partial charge in [-0.3, -0.25) is 9.69 Å². The second kappa shape index (κ2) is 8.03. The number of rotatable bonds is 5. The van der Waals surface area contributed by atoms with Crippen molar-refractivity contribution in [2.75, 3.05) is 30.9 Å². The highest BCUT2D eigenvalue weighted by molar-refractivity contribution is 5.98. The van der Waals surface area contributed by atoms with Gasteiger partial charge in [0.05, 0.1) is 48.6 Å². The number of fused-ring (bicyclic) bond motifs is 2. The first-order valence-electron chi connectivity index (χ1n) is 10.6. The molecule has 35 heavy (non-hydrogen) atoms. The molecule has 1 aliphatic heterocycles. The van der Waals surface area contributed by atoms with Crippen LogP contribution < -0.4 is 15.4 Å². The normalized spacial score (nSPS) is 17.4. The van der Waals surface area contributed by atoms with E-state index in [1.54, 1.807) is 35.1 Å². The topological polar surface area (TPSA) is 183 Å². The van der Waals surface area contributed by atoms with Crippen LogP contribution >= 0.6 is 0 Å². The monoisotopic (exact) mass is 477 g/mol. The molecular formula is C21H19N9O5. The average molecular weight is 477 g/mol. The largest absolute Gasteiger partial charge is 0.480 e. The number of H-pyrrole nitrogens is 1. The summed E-state index contributed by atoms with van der Waals surface area (Å²) in [5, 5.41) is 26.4. The van der Waals surface area contributed by atoms with Crippen LogP contribution in [0.4, 0.5) is 11.6 Å². The molecule has 14 heteroatoms. The maximum Gasteiger partial charge on any atom is 0.260 e. The van der Waals surface area contributed by atoms with Crippen molar-refractivity contribution in [1.82, 2.24) is 35.1 Å². The summed E-state index contributed by atoms with van der Waals surface area (Å²) < 4.78 is 17.5. The molecule has 0 spiro atoms. The van der Waals surface area contributed by atoms with Crippen LogP contribution in [0.15, 0.2) is 41.2 Å². The maximum atomic E-state index is 13.3. The Kier molecular flexibility index (Phi) is 4.82. The lowest BCUT2D eigenvalue weighted by Gasteiger charge is -2.32. The third-order valence-corrected chi connectivity index (χ3v) is 5.72. The van der Waals surface area contributed by atoms with Gasteiger partial charge >= 0.3 is 0 Å². The van der Waals surface area contributed by atoms with E-state index in [9.17, 15) is 9.90 Å². The number of ether oxygens (including phenoxy) is 2. The number of hydrogen-bond acceptors (Lipinski definition) is 11. The maximum absolute atomic E-state index is 13.3. The highest BCUT2D eigenvalue weighted by Gasteiger charge is 2.39. The van der Waals surface area contributed by atoms with Crippen molar-refractivity contribution in [1.29, 1.82) is 0 Å². The molecule has 0 aliphatic carbocycles. The van der Waals surface area contributed by atoms with Crippen molar-refractivity contribution in [2.45, 2.75) is 12.2 Å². The first kappa shape index (κ1) is 21.0. The van der Waals surface area contributed by atoms with Gasteiger partial charge < -0.3 is 24.8 Å². The molecule has 2 atom stereocenters. The van der Waals surface area contributed by atoms with Crippen LogP contribution in [0.3, 0.4) is 0 Å². The third-order valence-electron chi connectivity index (χ3n) is 5.72. The Morgan fingerprint density at radius 1 is 1.29 bits per heavy atom. The number of carbonyl (C=O) groups is 1. The zero-order valence-corrected chi connectivity index (χ0v) is 18.3. The van der Waals surface area contributed by atoms with E-state index in [4.69, 9.17) is 19.7 Å². The molecule has 2 unspecified atom stereocenters. The van der Waals surface area contributed by atoms with Crippen LogP contribution in [-0.4, -0.2) is 72.5 Å². The molecular weight excluding hydrogens is 458 g/mol. The number of aromatic amines is 1. The minimum atomic E-state index is -1.39. The Labute approximate surface area is 196 Å². The zero-order valence-electron chi connectivity index (χ0n) is 18.3. The van der Waals surface area contributed by atoms with Crippen LogP contribution in [0.5, 0.6) is 5.88 Å². The van der Waals surface area contributed by atoms with Crippen LogP contribution in [-0.2, 0) is 9.53 Å². The van der Waals surface area contributed by atoms with Crippen LogP contribution in [0.1, 0.15) is 11.9 Å². The van der Waals surface area contributed by atoms with E-state index < -0.39 is 18.1 Å². The van der Waals surface area contributed by atoms with Crippen molar-refractivity contribution < 1.29 is 23.9 Å². The van der Waals surface area contributed by atoms with E-state index in [1.807, 2.05) is 0 Å². The van der Waals surface area contributed by atoms with Gasteiger partial charge in [-0.25, -0.2) is 19.8 Å². The van der Waals surface area contributed by atoms with Gasteiger partial charge in [0, 0.05) is 24.4 Å². The summed E-state index contributed by atoms with van der Waals surface area (Å²) in [6, 6.07) is 6.71. The molecule has 4 aromatic heterocycles. The van der Waals surface area contributed by atoms with E-state index >= 15 is 0 Å². The Morgan fingerprint density at radius 3 is 2.94 bits per heavy atom. The number of morpholine rings is 1. The van der Waals surface area contributed by atoms with Gasteiger partial charge in [0.15, 0.2) is 23.3 Å². The summed E-state index contributed by atoms with van der Waals surface area (Å²) in [7, 11) is 1.49. The number of anilines is 2. The molecule has 14 nitrogen and oxygen atoms in total. The van der Waals surface area contributed by atoms with Crippen molar-refractivity contribution in [3.8, 4) is 11.6 Å². The van der Waals surface area contributed by atoms with Gasteiger partial charge in [-0.1, -0.05) is 0 Å². The number of benzene rings is 1. The molecule has 0 saturated carbocycles. The SMILES string of the molecule is COc1cc(-n2ccc(N3CCOC(C(O)c4nc5cc6o[nH]c(N)c6cc5n4)C3=O)n2)cnn1. The number of amides is 1. The number of aliphatic hydroxyl groups is 1. The van der Waals surface area contributed by atoms with Gasteiger partial charge in [0.25, 0.3) is 5.91 Å². The molecule has 1 aromatic carbocycles. The summed E-state index contributed by atoms with van der Waals surface area (Å²) in [6.07, 6.45) is 0.622. The van der Waals surface area contributed by atoms with E-state index in [0.29, 0.717) is 45.2 Å². The molecule has 1 fully saturated rings. The number of nitrogen functional groups attached to an aromatic ring is 1. The number of nitrogens with two attached hydrogens (primary N) is 1. The van der Waals surface area contributed by atoms with Gasteiger partial charge in [0.2, 0.25) is 5.88 Å². The lowest BCUT2D eigenvalue weighted by atomic mass is 10.1. The fourth-order valence-electron chi connectivity index (χ4n) is 3.96. The predicted octanol–water partition coefficient (Wildman–Crippen LogP) is 0.736. The minimum Gasteiger partial charge on any atom is -0.480 e. The lowest BCUT2D eigenvalue weighted by Crippen LogP contribution is -2.50. The van der Waals surface area contributed by atoms with E-state index in [0.717, 1.165) is 0 Å². The average Bonchev–Trinajstić information content (AvgIpc) is 3.61. The first-order valence-corrected chi connectivity index (χ1v) is 10.6. The fourth-order valence-corrected chi connectivity index (χ4v) is 3.96. The number of methoxy groups -OCH3 is 1. The van der Waals surface area contributed by atoms with E-state index in [-0.39, 0.29) is 19.0 Å². The molecule has 4 N–H and O–H groups in total. The van der Waals surface area contributed by atoms with Gasteiger partial charge in [-0.15, -0.1) is 10.2 Å². The molecule has 6 rings (SSSR count). The number of carbonyl (C=O) groups excluding carboxylic acids is 1. The molecule has 5 heterocycles. The molecule has 178 valence electrons. The summed E-state index contributed by atoms with van der Waals surface area (Å²) in [4.78, 5) is 23.5. The summed E-state index contributed by atoms with van der Waals surface area (Å²) in [5.41, 5.74) is 7.97. The van der Waals surface area contributed by atoms with E-state index in [1.165, 1.54) is 18.2 Å². The van der Waals surface area contributed by atoms with Crippen molar-refractivity contribution >= 4 is 39.5 Å². The fraction of sp³-hybridized carbons (Fsp3) is 0.238. The minimum absolute atomic E-state index is 0.0656. The molecule has 0 bridgehead atoms. The standard InChI is InChI=1S/C21H19N9O5/c1-33-16-6-10(9-23-26-16)30-3-2-15(27-30)29-4-5-34-18(21(29)32)17(31)20-24-12-7-11-14(8-13(12)25-20)35-28-19(11)22/h2-3,6-9,17-18,28,31H,4-5,22H2,1H3. The zero-order chi connectivity index (χ0) is 24.1. The molecule has 5 aromatic rings. The van der Waals surface area contributed by atoms with Crippen LogP contribution in [0, 0.1) is 0 Å². The Bertz CT molecular complexity index is 1560. The summed E-state index contributed by atoms with van der Waals surface area (Å²) in [6.45, 7) is 0.470. The number of aliphatic hydroxyl groups excluding tert-OH is 1. The van der Waals surface area contributed by atoms with Crippen LogP contribution in [0.2, 0.25) is 0 Å². The Morgan fingerprint density at radius 2 is 2.11 bits per heavy atom. The second-order valence-electron chi connectivity index (χ2n) is 7.84. The van der Waals surface area contributed by atoms with Crippen LogP contribution in [0.25, 0.3) is 27.7 Å². The van der Waals surface area contributed by atoms with Gasteiger partial charge in [-0.05, 0) is 6.07 Å². The summed E-state index contributed by atoms with van der Waals surface area (Å²) >= 11 is 0. The molecule has 1 amide bonds. The van der Waals surface area contributed by atoms with Gasteiger partial charge in [0.1, 0.15) is 11.9 Å². The summed E-state index contributed by atoms with van der Waals surface area (Å²) in [5.74, 6) is 0.693. The van der Waals surface area contributed by atoms with E-state index in [2.05, 4.69) is 30.4 Å². The number of nitrogens with zero attached hydrogens (tertiary/aromatic N) is 7. The third kappa shape index (κ3) is 3.51. The molecule has 1 aliphatic rings. The predicted molar refractivity (Wildman–Crippen MR) is 121 cm³/mol. The Hall–Kier alpha value is -4.56. The molecule has 0 radical (unpaired) electrons. The molecule has 1 saturated heterocycles. The highest BCUT2D eigenvalue weighted by Crippen LogP contribution is 2.29.